The van der Waals surface area contributed by atoms with Gasteiger partial charge in [0.25, 0.3) is 0 Å². The summed E-state index contributed by atoms with van der Waals surface area (Å²) >= 11 is 0. The molecule has 0 N–H and O–H groups in total. The largest absolute Gasteiger partial charge is 0.388 e. The molecule has 2 nitrogen and oxygen atoms in total. The Morgan fingerprint density at radius 2 is 1.46 bits per heavy atom. The third-order valence-corrected chi connectivity index (χ3v) is 0.940. The van der Waals surface area contributed by atoms with Crippen LogP contribution in [0.2, 0.25) is 0 Å². The Balaban J connectivity index is 0. The van der Waals surface area contributed by atoms with Crippen molar-refractivity contribution in [3.05, 3.63) is 35.9 Å². The van der Waals surface area contributed by atoms with Gasteiger partial charge in [-0.25, -0.2) is 0 Å². The Morgan fingerprint density at radius 3 is 1.62 bits per heavy atom. The van der Waals surface area contributed by atoms with Crippen molar-refractivity contribution in [1.29, 1.82) is 0 Å². The lowest BCUT2D eigenvalue weighted by Crippen LogP contribution is -1.62. The smallest absolute Gasteiger partial charge is 0.116 e. The van der Waals surface area contributed by atoms with Crippen molar-refractivity contribution < 1.29 is 9.53 Å². The minimum atomic E-state index is 0.750. The second-order valence-corrected chi connectivity index (χ2v) is 2.30. The molecule has 0 bridgehead atoms. The van der Waals surface area contributed by atoms with Crippen LogP contribution in [0.3, 0.4) is 0 Å². The Kier molecular flexibility index (Phi) is 14.9. The average molecular weight is 182 g/mol. The van der Waals surface area contributed by atoms with Crippen molar-refractivity contribution in [1.82, 2.24) is 0 Å². The second-order valence-electron chi connectivity index (χ2n) is 2.30. The summed E-state index contributed by atoms with van der Waals surface area (Å²) in [4.78, 5) is 8.81. The van der Waals surface area contributed by atoms with Gasteiger partial charge >= 0.3 is 0 Å². The van der Waals surface area contributed by atoms with Crippen LogP contribution in [0, 0.1) is 6.92 Å². The van der Waals surface area contributed by atoms with Crippen LogP contribution >= 0.6 is 0 Å². The molecule has 0 aliphatic rings. The number of ether oxygens (including phenoxy) is 1. The predicted octanol–water partition coefficient (Wildman–Crippen LogP) is 2.46. The van der Waals surface area contributed by atoms with Crippen molar-refractivity contribution >= 4 is 6.29 Å². The molecule has 0 aliphatic carbocycles. The van der Waals surface area contributed by atoms with Crippen LogP contribution in [0.15, 0.2) is 30.3 Å². The van der Waals surface area contributed by atoms with Crippen LogP contribution in [0.5, 0.6) is 0 Å². The van der Waals surface area contributed by atoms with E-state index < -0.39 is 0 Å². The molecule has 1 rings (SSSR count). The van der Waals surface area contributed by atoms with E-state index in [-0.39, 0.29) is 0 Å². The molecule has 0 unspecified atom stereocenters. The lowest BCUT2D eigenvalue weighted by Gasteiger charge is -1.82. The van der Waals surface area contributed by atoms with Crippen molar-refractivity contribution in [2.45, 2.75) is 13.8 Å². The van der Waals surface area contributed by atoms with Gasteiger partial charge in [0.15, 0.2) is 0 Å². The van der Waals surface area contributed by atoms with Crippen LogP contribution < -0.4 is 0 Å². The fourth-order valence-corrected chi connectivity index (χ4v) is 0.534. The molecule has 0 aliphatic heterocycles. The van der Waals surface area contributed by atoms with Crippen molar-refractivity contribution in [3.63, 3.8) is 0 Å². The van der Waals surface area contributed by atoms with E-state index in [1.54, 1.807) is 14.2 Å². The lowest BCUT2D eigenvalue weighted by atomic mass is 10.2. The zero-order valence-electron chi connectivity index (χ0n) is 8.78. The standard InChI is InChI=1S/C7H8.C2H6O.C2H4O/c1-7-5-3-2-4-6-7;1-3-2;1-2-3/h2-6H,1H3;1-2H3;2H,1H3. The molecule has 0 atom stereocenters. The number of aryl methyl sites for hydroxylation is 1. The molecule has 0 aromatic heterocycles. The number of carbonyl (C=O) groups is 1. The topological polar surface area (TPSA) is 26.3 Å². The first kappa shape index (κ1) is 14.4. The summed E-state index contributed by atoms with van der Waals surface area (Å²) in [6.07, 6.45) is 0.750. The van der Waals surface area contributed by atoms with Gasteiger partial charge in [-0.05, 0) is 13.8 Å². The van der Waals surface area contributed by atoms with E-state index in [0.717, 1.165) is 6.29 Å². The molecule has 0 saturated heterocycles. The first-order valence-corrected chi connectivity index (χ1v) is 4.04. The van der Waals surface area contributed by atoms with Gasteiger partial charge in [0.1, 0.15) is 6.29 Å². The number of hydrogen-bond donors (Lipinski definition) is 0. The van der Waals surface area contributed by atoms with Crippen LogP contribution in [-0.2, 0) is 9.53 Å². The average Bonchev–Trinajstić information content (AvgIpc) is 2.08. The van der Waals surface area contributed by atoms with Crippen LogP contribution in [0.1, 0.15) is 12.5 Å². The van der Waals surface area contributed by atoms with E-state index in [4.69, 9.17) is 4.79 Å². The van der Waals surface area contributed by atoms with Crippen LogP contribution in [-0.4, -0.2) is 20.5 Å². The number of rotatable bonds is 0. The third-order valence-electron chi connectivity index (χ3n) is 0.940. The first-order chi connectivity index (χ1) is 6.22. The van der Waals surface area contributed by atoms with Gasteiger partial charge in [0.2, 0.25) is 0 Å². The molecule has 1 aromatic carbocycles. The van der Waals surface area contributed by atoms with Gasteiger partial charge in [0, 0.05) is 14.2 Å². The number of carbonyl (C=O) groups excluding carboxylic acids is 1. The van der Waals surface area contributed by atoms with E-state index in [1.807, 2.05) is 18.2 Å². The molecule has 13 heavy (non-hydrogen) atoms. The normalized spacial score (nSPS) is 7.08. The van der Waals surface area contributed by atoms with Gasteiger partial charge in [-0.3, -0.25) is 0 Å². The summed E-state index contributed by atoms with van der Waals surface area (Å²) in [7, 11) is 3.25. The Bertz CT molecular complexity index is 183. The van der Waals surface area contributed by atoms with E-state index in [9.17, 15) is 0 Å². The molecule has 0 fully saturated rings. The van der Waals surface area contributed by atoms with Crippen molar-refractivity contribution in [3.8, 4) is 0 Å². The highest BCUT2D eigenvalue weighted by atomic mass is 16.4. The van der Waals surface area contributed by atoms with Gasteiger partial charge < -0.3 is 9.53 Å². The van der Waals surface area contributed by atoms with Gasteiger partial charge in [0.05, 0.1) is 0 Å². The molecular weight excluding hydrogens is 164 g/mol. The zero-order valence-corrected chi connectivity index (χ0v) is 8.78. The number of methoxy groups -OCH3 is 1. The van der Waals surface area contributed by atoms with Gasteiger partial charge in [-0.2, -0.15) is 0 Å². The highest BCUT2D eigenvalue weighted by Gasteiger charge is 1.72. The zero-order chi connectivity index (χ0) is 10.5. The monoisotopic (exact) mass is 182 g/mol. The maximum atomic E-state index is 8.81. The molecule has 74 valence electrons. The molecule has 1 aromatic rings. The van der Waals surface area contributed by atoms with Crippen LogP contribution in [0.4, 0.5) is 0 Å². The maximum Gasteiger partial charge on any atom is 0.116 e. The fourth-order valence-electron chi connectivity index (χ4n) is 0.534. The summed E-state index contributed by atoms with van der Waals surface area (Å²) in [5, 5.41) is 0. The lowest BCUT2D eigenvalue weighted by molar-refractivity contribution is -0.106. The summed E-state index contributed by atoms with van der Waals surface area (Å²) in [5.41, 5.74) is 1.32. The number of benzene rings is 1. The minimum Gasteiger partial charge on any atom is -0.388 e. The molecular formula is C11H18O2. The quantitative estimate of drug-likeness (QED) is 0.576. The van der Waals surface area contributed by atoms with E-state index >= 15 is 0 Å². The fraction of sp³-hybridized carbons (Fsp3) is 0.364. The summed E-state index contributed by atoms with van der Waals surface area (Å²) in [6, 6.07) is 10.3. The Morgan fingerprint density at radius 1 is 1.15 bits per heavy atom. The second kappa shape index (κ2) is 13.4. The molecule has 0 radical (unpaired) electrons. The highest BCUT2D eigenvalue weighted by Crippen LogP contribution is 1.92. The summed E-state index contributed by atoms with van der Waals surface area (Å²) in [6.45, 7) is 3.53. The molecule has 0 saturated carbocycles. The molecule has 2 heteroatoms. The molecule has 0 spiro atoms. The first-order valence-electron chi connectivity index (χ1n) is 4.04. The van der Waals surface area contributed by atoms with Crippen molar-refractivity contribution in [2.75, 3.05) is 14.2 Å². The Labute approximate surface area is 80.5 Å². The Hall–Kier alpha value is -1.15. The minimum absolute atomic E-state index is 0.750. The summed E-state index contributed by atoms with van der Waals surface area (Å²) in [5.74, 6) is 0. The van der Waals surface area contributed by atoms with E-state index in [0.29, 0.717) is 0 Å². The summed E-state index contributed by atoms with van der Waals surface area (Å²) < 4.78 is 4.25. The van der Waals surface area contributed by atoms with Gasteiger partial charge in [-0.15, -0.1) is 0 Å². The van der Waals surface area contributed by atoms with Crippen molar-refractivity contribution in [2.24, 2.45) is 0 Å². The number of hydrogen-bond acceptors (Lipinski definition) is 2. The van der Waals surface area contributed by atoms with E-state index in [1.165, 1.54) is 12.5 Å². The maximum absolute atomic E-state index is 8.81. The highest BCUT2D eigenvalue weighted by molar-refractivity contribution is 5.44. The molecule has 0 amide bonds. The predicted molar refractivity (Wildman–Crippen MR) is 55.9 cm³/mol. The van der Waals surface area contributed by atoms with E-state index in [2.05, 4.69) is 23.8 Å². The van der Waals surface area contributed by atoms with Crippen LogP contribution in [0.25, 0.3) is 0 Å². The number of aldehydes is 1. The molecule has 0 heterocycles. The third kappa shape index (κ3) is 18.1. The SMILES string of the molecule is CC=O.COC.Cc1ccccc1. The van der Waals surface area contributed by atoms with Gasteiger partial charge in [-0.1, -0.05) is 35.9 Å².